The van der Waals surface area contributed by atoms with Gasteiger partial charge in [0.1, 0.15) is 0 Å². The third-order valence-corrected chi connectivity index (χ3v) is 7.27. The van der Waals surface area contributed by atoms with E-state index >= 15 is 0 Å². The lowest BCUT2D eigenvalue weighted by Crippen LogP contribution is -2.29. The zero-order chi connectivity index (χ0) is 24.4. The second-order valence-electron chi connectivity index (χ2n) is 9.21. The summed E-state index contributed by atoms with van der Waals surface area (Å²) in [6.45, 7) is 3.76. The van der Waals surface area contributed by atoms with E-state index in [9.17, 15) is 4.79 Å². The van der Waals surface area contributed by atoms with Crippen molar-refractivity contribution in [1.29, 1.82) is 0 Å². The number of aromatic amines is 2. The van der Waals surface area contributed by atoms with Crippen LogP contribution >= 0.6 is 11.6 Å². The van der Waals surface area contributed by atoms with Gasteiger partial charge in [0.05, 0.1) is 5.02 Å². The van der Waals surface area contributed by atoms with E-state index in [1.54, 1.807) is 11.6 Å². The van der Waals surface area contributed by atoms with E-state index in [4.69, 9.17) is 16.8 Å². The van der Waals surface area contributed by atoms with Crippen molar-refractivity contribution in [3.63, 3.8) is 0 Å². The van der Waals surface area contributed by atoms with E-state index in [1.165, 1.54) is 39.2 Å². The van der Waals surface area contributed by atoms with Crippen LogP contribution in [0.15, 0.2) is 60.9 Å². The highest BCUT2D eigenvalue weighted by molar-refractivity contribution is 6.31. The minimum Gasteiger partial charge on any atom is -0.363 e. The van der Waals surface area contributed by atoms with Gasteiger partial charge in [0.25, 0.3) is 5.91 Å². The van der Waals surface area contributed by atoms with Crippen LogP contribution in [0.5, 0.6) is 0 Å². The maximum Gasteiger partial charge on any atom is 0.267 e. The first-order chi connectivity index (χ1) is 17.0. The molecule has 4 aromatic rings. The van der Waals surface area contributed by atoms with Crippen LogP contribution < -0.4 is 5.48 Å². The van der Waals surface area contributed by atoms with Gasteiger partial charge in [-0.25, -0.2) is 5.48 Å². The first-order valence-electron chi connectivity index (χ1n) is 11.9. The summed E-state index contributed by atoms with van der Waals surface area (Å²) in [6.07, 6.45) is 10.0. The van der Waals surface area contributed by atoms with E-state index < -0.39 is 5.91 Å². The van der Waals surface area contributed by atoms with Crippen molar-refractivity contribution in [1.82, 2.24) is 20.3 Å². The van der Waals surface area contributed by atoms with Crippen LogP contribution in [0.1, 0.15) is 46.0 Å². The van der Waals surface area contributed by atoms with Crippen molar-refractivity contribution in [3.05, 3.63) is 99.5 Å². The van der Waals surface area contributed by atoms with Crippen LogP contribution in [0.3, 0.4) is 0 Å². The SMILES string of the molecule is Cc1ccc2c(CCN(Cc3[nH]ccc3Cl)C3CCc4cc(C=CC(=O)NO)ccc43)c[nH]c2c1. The predicted molar refractivity (Wildman–Crippen MR) is 139 cm³/mol. The molecule has 7 heteroatoms. The zero-order valence-corrected chi connectivity index (χ0v) is 20.4. The van der Waals surface area contributed by atoms with Gasteiger partial charge in [-0.3, -0.25) is 14.9 Å². The number of fused-ring (bicyclic) bond motifs is 2. The van der Waals surface area contributed by atoms with Gasteiger partial charge >= 0.3 is 0 Å². The van der Waals surface area contributed by atoms with Crippen molar-refractivity contribution in [2.45, 2.75) is 38.8 Å². The number of aryl methyl sites for hydroxylation is 2. The van der Waals surface area contributed by atoms with Gasteiger partial charge in [-0.05, 0) is 72.2 Å². The third kappa shape index (κ3) is 5.05. The molecule has 180 valence electrons. The molecule has 0 aliphatic heterocycles. The topological polar surface area (TPSA) is 84.2 Å². The summed E-state index contributed by atoms with van der Waals surface area (Å²) in [5, 5.41) is 10.8. The Kier molecular flexibility index (Phi) is 6.77. The molecule has 0 saturated heterocycles. The molecule has 35 heavy (non-hydrogen) atoms. The van der Waals surface area contributed by atoms with Gasteiger partial charge in [0.2, 0.25) is 0 Å². The Hall–Kier alpha value is -3.32. The number of halogens is 1. The average molecular weight is 489 g/mol. The number of H-pyrrole nitrogens is 2. The van der Waals surface area contributed by atoms with Crippen LogP contribution in [0.4, 0.5) is 0 Å². The highest BCUT2D eigenvalue weighted by atomic mass is 35.5. The number of hydrogen-bond donors (Lipinski definition) is 4. The van der Waals surface area contributed by atoms with E-state index in [-0.39, 0.29) is 6.04 Å². The molecule has 2 aromatic carbocycles. The van der Waals surface area contributed by atoms with E-state index in [2.05, 4.69) is 58.3 Å². The molecule has 1 aliphatic rings. The van der Waals surface area contributed by atoms with Crippen LogP contribution in [-0.4, -0.2) is 32.5 Å². The average Bonchev–Trinajstić information content (AvgIpc) is 3.58. The summed E-state index contributed by atoms with van der Waals surface area (Å²) in [6, 6.07) is 15.1. The number of nitrogens with zero attached hydrogens (tertiary/aromatic N) is 1. The van der Waals surface area contributed by atoms with Gasteiger partial charge in [0.15, 0.2) is 0 Å². The normalized spacial score (nSPS) is 15.4. The van der Waals surface area contributed by atoms with E-state index in [1.807, 2.05) is 18.3 Å². The molecule has 0 radical (unpaired) electrons. The summed E-state index contributed by atoms with van der Waals surface area (Å²) in [7, 11) is 0. The Balaban J connectivity index is 1.39. The predicted octanol–water partition coefficient (Wildman–Crippen LogP) is 5.71. The largest absolute Gasteiger partial charge is 0.363 e. The second-order valence-corrected chi connectivity index (χ2v) is 9.62. The van der Waals surface area contributed by atoms with Crippen LogP contribution in [0.25, 0.3) is 17.0 Å². The fourth-order valence-electron chi connectivity index (χ4n) is 5.13. The number of carbonyl (C=O) groups is 1. The number of benzene rings is 2. The summed E-state index contributed by atoms with van der Waals surface area (Å²) < 4.78 is 0. The highest BCUT2D eigenvalue weighted by Crippen LogP contribution is 2.38. The maximum absolute atomic E-state index is 11.3. The van der Waals surface area contributed by atoms with Crippen molar-refractivity contribution in [2.24, 2.45) is 0 Å². The van der Waals surface area contributed by atoms with Crippen molar-refractivity contribution >= 4 is 34.5 Å². The van der Waals surface area contributed by atoms with Crippen LogP contribution in [0, 0.1) is 6.92 Å². The van der Waals surface area contributed by atoms with E-state index in [0.29, 0.717) is 0 Å². The molecule has 0 spiro atoms. The Bertz CT molecular complexity index is 1390. The van der Waals surface area contributed by atoms with Gasteiger partial charge in [-0.15, -0.1) is 0 Å². The fourth-order valence-corrected chi connectivity index (χ4v) is 5.31. The monoisotopic (exact) mass is 488 g/mol. The quantitative estimate of drug-likeness (QED) is 0.146. The number of amides is 1. The first-order valence-corrected chi connectivity index (χ1v) is 12.3. The van der Waals surface area contributed by atoms with Gasteiger partial charge in [0, 0.05) is 54.2 Å². The summed E-state index contributed by atoms with van der Waals surface area (Å²) >= 11 is 6.46. The molecule has 1 amide bonds. The van der Waals surface area contributed by atoms with Gasteiger partial charge in [-0.2, -0.15) is 0 Å². The molecule has 0 fully saturated rings. The molecule has 2 heterocycles. The molecule has 1 atom stereocenters. The fraction of sp³-hybridized carbons (Fsp3) is 0.250. The molecular formula is C28H29ClN4O2. The van der Waals surface area contributed by atoms with Crippen LogP contribution in [-0.2, 0) is 24.2 Å². The Labute approximate surface area is 209 Å². The highest BCUT2D eigenvalue weighted by Gasteiger charge is 2.28. The minimum atomic E-state index is -0.537. The molecule has 1 aliphatic carbocycles. The molecule has 1 unspecified atom stereocenters. The number of hydrogen-bond acceptors (Lipinski definition) is 3. The van der Waals surface area contributed by atoms with E-state index in [0.717, 1.165) is 48.6 Å². The summed E-state index contributed by atoms with van der Waals surface area (Å²) in [5.41, 5.74) is 9.98. The second kappa shape index (κ2) is 10.1. The number of aromatic nitrogens is 2. The maximum atomic E-state index is 11.3. The first kappa shape index (κ1) is 23.4. The lowest BCUT2D eigenvalue weighted by atomic mass is 10.0. The van der Waals surface area contributed by atoms with Crippen molar-refractivity contribution < 1.29 is 10.0 Å². The number of nitrogens with one attached hydrogen (secondary N) is 3. The number of carbonyl (C=O) groups excluding carboxylic acids is 1. The molecular weight excluding hydrogens is 460 g/mol. The lowest BCUT2D eigenvalue weighted by Gasteiger charge is -2.29. The Morgan fingerprint density at radius 1 is 1.23 bits per heavy atom. The minimum absolute atomic E-state index is 0.288. The van der Waals surface area contributed by atoms with Crippen LogP contribution in [0.2, 0.25) is 5.02 Å². The summed E-state index contributed by atoms with van der Waals surface area (Å²) in [4.78, 5) is 20.6. The van der Waals surface area contributed by atoms with Crippen molar-refractivity contribution in [2.75, 3.05) is 6.54 Å². The standard InChI is InChI=1S/C28H29ClN4O2/c1-18-2-6-22-21(16-31-25(22)14-18)11-13-33(17-26-24(29)10-12-30-26)27-8-5-20-15-19(3-7-23(20)27)4-9-28(34)32-35/h2-4,6-7,9-10,12,14-16,27,30-31,35H,5,8,11,13,17H2,1H3,(H,32,34). The lowest BCUT2D eigenvalue weighted by molar-refractivity contribution is -0.124. The smallest absolute Gasteiger partial charge is 0.267 e. The van der Waals surface area contributed by atoms with Gasteiger partial charge in [-0.1, -0.05) is 41.9 Å². The Morgan fingerprint density at radius 3 is 2.91 bits per heavy atom. The third-order valence-electron chi connectivity index (χ3n) is 6.92. The van der Waals surface area contributed by atoms with Gasteiger partial charge < -0.3 is 9.97 Å². The summed E-state index contributed by atoms with van der Waals surface area (Å²) in [5.74, 6) is -0.537. The zero-order valence-electron chi connectivity index (χ0n) is 19.6. The molecule has 6 nitrogen and oxygen atoms in total. The van der Waals surface area contributed by atoms with Crippen molar-refractivity contribution in [3.8, 4) is 0 Å². The molecule has 0 saturated carbocycles. The molecule has 5 rings (SSSR count). The Morgan fingerprint density at radius 2 is 2.11 bits per heavy atom. The number of rotatable bonds is 8. The molecule has 2 aromatic heterocycles. The molecule has 4 N–H and O–H groups in total. The number of hydroxylamine groups is 1. The molecule has 0 bridgehead atoms.